The molecule has 0 fully saturated rings. The van der Waals surface area contributed by atoms with E-state index in [-0.39, 0.29) is 17.9 Å². The van der Waals surface area contributed by atoms with Crippen LogP contribution in [0.5, 0.6) is 11.5 Å². The smallest absolute Gasteiger partial charge is 0.262 e. The summed E-state index contributed by atoms with van der Waals surface area (Å²) in [6, 6.07) is 13.4. The van der Waals surface area contributed by atoms with Gasteiger partial charge in [0.2, 0.25) is 0 Å². The second-order valence-corrected chi connectivity index (χ2v) is 7.37. The lowest BCUT2D eigenvalue weighted by atomic mass is 10.0. The molecule has 160 valence electrons. The molecule has 2 N–H and O–H groups in total. The largest absolute Gasteiger partial charge is 0.493 e. The average molecular weight is 412 g/mol. The van der Waals surface area contributed by atoms with Gasteiger partial charge < -0.3 is 14.8 Å². The van der Waals surface area contributed by atoms with E-state index in [0.29, 0.717) is 17.1 Å². The SMILES string of the molecule is COc1cc(/C=N/NC(=O)C(NC(=O)c2ccccc2)C(C)C)ccc1OC(C)C. The number of nitrogens with zero attached hydrogens (tertiary/aromatic N) is 1. The van der Waals surface area contributed by atoms with Crippen molar-refractivity contribution in [1.82, 2.24) is 10.7 Å². The summed E-state index contributed by atoms with van der Waals surface area (Å²) in [6.07, 6.45) is 1.53. The molecule has 7 heteroatoms. The van der Waals surface area contributed by atoms with E-state index in [1.165, 1.54) is 6.21 Å². The third-order valence-corrected chi connectivity index (χ3v) is 4.21. The van der Waals surface area contributed by atoms with Crippen molar-refractivity contribution in [1.29, 1.82) is 0 Å². The zero-order chi connectivity index (χ0) is 22.1. The Bertz CT molecular complexity index is 879. The molecule has 0 aliphatic heterocycles. The molecule has 2 aromatic carbocycles. The molecule has 0 aliphatic carbocycles. The zero-order valence-corrected chi connectivity index (χ0v) is 18.0. The Morgan fingerprint density at radius 3 is 2.30 bits per heavy atom. The number of carbonyl (C=O) groups is 2. The topological polar surface area (TPSA) is 89.0 Å². The quantitative estimate of drug-likeness (QED) is 0.489. The first-order chi connectivity index (χ1) is 14.3. The normalized spacial score (nSPS) is 12.1. The van der Waals surface area contributed by atoms with Crippen molar-refractivity contribution in [2.45, 2.75) is 39.8 Å². The van der Waals surface area contributed by atoms with Crippen molar-refractivity contribution in [3.05, 3.63) is 59.7 Å². The van der Waals surface area contributed by atoms with E-state index in [2.05, 4.69) is 15.8 Å². The molecule has 0 aliphatic rings. The number of benzene rings is 2. The van der Waals surface area contributed by atoms with Gasteiger partial charge in [-0.1, -0.05) is 32.0 Å². The summed E-state index contributed by atoms with van der Waals surface area (Å²) >= 11 is 0. The number of hydrogen-bond acceptors (Lipinski definition) is 5. The highest BCUT2D eigenvalue weighted by Crippen LogP contribution is 2.28. The van der Waals surface area contributed by atoms with E-state index in [1.807, 2.05) is 39.8 Å². The van der Waals surface area contributed by atoms with Crippen LogP contribution in [0.1, 0.15) is 43.6 Å². The Kier molecular flexibility index (Phi) is 8.41. The lowest BCUT2D eigenvalue weighted by Crippen LogP contribution is -2.48. The summed E-state index contributed by atoms with van der Waals surface area (Å²) in [5.74, 6) is 0.405. The number of amides is 2. The monoisotopic (exact) mass is 411 g/mol. The fourth-order valence-electron chi connectivity index (χ4n) is 2.70. The minimum atomic E-state index is -0.716. The third-order valence-electron chi connectivity index (χ3n) is 4.21. The van der Waals surface area contributed by atoms with Crippen molar-refractivity contribution in [2.75, 3.05) is 7.11 Å². The van der Waals surface area contributed by atoms with E-state index in [9.17, 15) is 9.59 Å². The first kappa shape index (κ1) is 22.9. The lowest BCUT2D eigenvalue weighted by molar-refractivity contribution is -0.123. The highest BCUT2D eigenvalue weighted by atomic mass is 16.5. The molecular formula is C23H29N3O4. The maximum Gasteiger partial charge on any atom is 0.262 e. The minimum absolute atomic E-state index is 0.0248. The summed E-state index contributed by atoms with van der Waals surface area (Å²) in [7, 11) is 1.56. The molecule has 0 saturated carbocycles. The van der Waals surface area contributed by atoms with Crippen LogP contribution in [0.2, 0.25) is 0 Å². The van der Waals surface area contributed by atoms with Gasteiger partial charge in [0.1, 0.15) is 6.04 Å². The number of methoxy groups -OCH3 is 1. The van der Waals surface area contributed by atoms with Crippen molar-refractivity contribution >= 4 is 18.0 Å². The fourth-order valence-corrected chi connectivity index (χ4v) is 2.70. The fraction of sp³-hybridized carbons (Fsp3) is 0.348. The number of rotatable bonds is 9. The van der Waals surface area contributed by atoms with Crippen LogP contribution >= 0.6 is 0 Å². The van der Waals surface area contributed by atoms with Crippen molar-refractivity contribution in [3.63, 3.8) is 0 Å². The molecule has 1 atom stereocenters. The van der Waals surface area contributed by atoms with E-state index >= 15 is 0 Å². The van der Waals surface area contributed by atoms with Crippen LogP contribution in [0.4, 0.5) is 0 Å². The Balaban J connectivity index is 2.02. The zero-order valence-electron chi connectivity index (χ0n) is 18.0. The summed E-state index contributed by atoms with van der Waals surface area (Å²) < 4.78 is 11.0. The van der Waals surface area contributed by atoms with Crippen LogP contribution in [-0.4, -0.2) is 37.3 Å². The summed E-state index contributed by atoms with van der Waals surface area (Å²) in [4.78, 5) is 24.9. The Hall–Kier alpha value is -3.35. The van der Waals surface area contributed by atoms with Gasteiger partial charge in [0.05, 0.1) is 19.4 Å². The molecule has 7 nitrogen and oxygen atoms in total. The predicted octanol–water partition coefficient (Wildman–Crippen LogP) is 3.39. The molecule has 2 amide bonds. The molecule has 30 heavy (non-hydrogen) atoms. The predicted molar refractivity (Wildman–Crippen MR) is 117 cm³/mol. The number of ether oxygens (including phenoxy) is 2. The molecule has 0 spiro atoms. The Morgan fingerprint density at radius 1 is 1.00 bits per heavy atom. The van der Waals surface area contributed by atoms with Crippen LogP contribution < -0.4 is 20.2 Å². The van der Waals surface area contributed by atoms with Crippen LogP contribution in [0, 0.1) is 5.92 Å². The third kappa shape index (κ3) is 6.62. The molecule has 0 heterocycles. The van der Waals surface area contributed by atoms with Crippen molar-refractivity contribution in [2.24, 2.45) is 11.0 Å². The molecule has 2 rings (SSSR count). The van der Waals surface area contributed by atoms with Crippen molar-refractivity contribution < 1.29 is 19.1 Å². The molecule has 0 saturated heterocycles. The molecule has 0 radical (unpaired) electrons. The van der Waals surface area contributed by atoms with Crippen molar-refractivity contribution in [3.8, 4) is 11.5 Å². The molecule has 1 unspecified atom stereocenters. The van der Waals surface area contributed by atoms with Gasteiger partial charge >= 0.3 is 0 Å². The standard InChI is InChI=1S/C23H29N3O4/c1-15(2)21(25-22(27)18-9-7-6-8-10-18)23(28)26-24-14-17-11-12-19(30-16(3)4)20(13-17)29-5/h6-16,21H,1-5H3,(H,25,27)(H,26,28)/b24-14+. The molecular weight excluding hydrogens is 382 g/mol. The second kappa shape index (κ2) is 11.0. The van der Waals surface area contributed by atoms with E-state index in [4.69, 9.17) is 9.47 Å². The van der Waals surface area contributed by atoms with Gasteiger partial charge in [0.25, 0.3) is 11.8 Å². The van der Waals surface area contributed by atoms with E-state index < -0.39 is 11.9 Å². The first-order valence-electron chi connectivity index (χ1n) is 9.85. The van der Waals surface area contributed by atoms with Gasteiger partial charge in [-0.25, -0.2) is 5.43 Å². The van der Waals surface area contributed by atoms with Gasteiger partial charge in [-0.3, -0.25) is 9.59 Å². The molecule has 2 aromatic rings. The maximum atomic E-state index is 12.6. The summed E-state index contributed by atoms with van der Waals surface area (Å²) in [5, 5.41) is 6.78. The van der Waals surface area contributed by atoms with Gasteiger partial charge in [0, 0.05) is 5.56 Å². The Morgan fingerprint density at radius 2 is 1.70 bits per heavy atom. The number of nitrogens with one attached hydrogen (secondary N) is 2. The molecule has 0 aromatic heterocycles. The Labute approximate surface area is 177 Å². The summed E-state index contributed by atoms with van der Waals surface area (Å²) in [6.45, 7) is 7.59. The van der Waals surface area contributed by atoms with Gasteiger partial charge in [-0.05, 0) is 55.7 Å². The van der Waals surface area contributed by atoms with Gasteiger partial charge in [-0.2, -0.15) is 5.10 Å². The highest BCUT2D eigenvalue weighted by Gasteiger charge is 2.24. The first-order valence-corrected chi connectivity index (χ1v) is 9.85. The van der Waals surface area contributed by atoms with Gasteiger partial charge in [-0.15, -0.1) is 0 Å². The van der Waals surface area contributed by atoms with Gasteiger partial charge in [0.15, 0.2) is 11.5 Å². The summed E-state index contributed by atoms with van der Waals surface area (Å²) in [5.41, 5.74) is 3.73. The van der Waals surface area contributed by atoms with E-state index in [0.717, 1.165) is 5.56 Å². The molecule has 0 bridgehead atoms. The number of carbonyl (C=O) groups excluding carboxylic acids is 2. The minimum Gasteiger partial charge on any atom is -0.493 e. The maximum absolute atomic E-state index is 12.6. The highest BCUT2D eigenvalue weighted by molar-refractivity contribution is 5.97. The second-order valence-electron chi connectivity index (χ2n) is 7.37. The number of hydrazone groups is 1. The van der Waals surface area contributed by atoms with Crippen LogP contribution in [-0.2, 0) is 4.79 Å². The number of hydrogen-bond donors (Lipinski definition) is 2. The average Bonchev–Trinajstić information content (AvgIpc) is 2.72. The van der Waals surface area contributed by atoms with Crippen LogP contribution in [0.15, 0.2) is 53.6 Å². The van der Waals surface area contributed by atoms with Crippen LogP contribution in [0.3, 0.4) is 0 Å². The lowest BCUT2D eigenvalue weighted by Gasteiger charge is -2.20. The van der Waals surface area contributed by atoms with E-state index in [1.54, 1.807) is 43.5 Å². The van der Waals surface area contributed by atoms with Crippen LogP contribution in [0.25, 0.3) is 0 Å².